The van der Waals surface area contributed by atoms with Crippen LogP contribution in [0.25, 0.3) is 27.8 Å². The van der Waals surface area contributed by atoms with Gasteiger partial charge in [0.2, 0.25) is 5.88 Å². The molecule has 6 aromatic rings. The highest BCUT2D eigenvalue weighted by molar-refractivity contribution is 5.91. The summed E-state index contributed by atoms with van der Waals surface area (Å²) < 4.78 is 19.4. The fourth-order valence-electron chi connectivity index (χ4n) is 5.04. The zero-order valence-corrected chi connectivity index (χ0v) is 20.1. The Kier molecular flexibility index (Phi) is 4.78. The molecular formula is C29H21N5O3. The fraction of sp³-hybridized carbons (Fsp3) is 0.103. The maximum absolute atomic E-state index is 6.51. The third-order valence-electron chi connectivity index (χ3n) is 6.76. The van der Waals surface area contributed by atoms with E-state index >= 15 is 0 Å². The molecule has 0 radical (unpaired) electrons. The number of ether oxygens (including phenoxy) is 3. The topological polar surface area (TPSA) is 83.7 Å². The third kappa shape index (κ3) is 3.30. The Hall–Kier alpha value is -4.98. The first-order chi connectivity index (χ1) is 18.2. The van der Waals surface area contributed by atoms with E-state index in [0.29, 0.717) is 28.9 Å². The average molecular weight is 488 g/mol. The highest BCUT2D eigenvalue weighted by Crippen LogP contribution is 2.51. The molecule has 4 heterocycles. The standard InChI is InChI=1S/C29H21N5O3/c1-35-22-12-10-18(14-23(22)36-2)24-21-11-9-17-6-3-4-8-20(17)26(21)37-29-25(24)28-32-27(33-34(28)16-31-29)19-7-5-13-30-15-19/h3-16,24H,1-2H3/t24-/m1/s1. The zero-order valence-electron chi connectivity index (χ0n) is 20.1. The van der Waals surface area contributed by atoms with Gasteiger partial charge in [-0.1, -0.05) is 42.5 Å². The summed E-state index contributed by atoms with van der Waals surface area (Å²) >= 11 is 0. The summed E-state index contributed by atoms with van der Waals surface area (Å²) in [6.07, 6.45) is 5.12. The number of methoxy groups -OCH3 is 2. The van der Waals surface area contributed by atoms with Crippen LogP contribution in [0.2, 0.25) is 0 Å². The molecule has 1 atom stereocenters. The van der Waals surface area contributed by atoms with Gasteiger partial charge in [0.15, 0.2) is 23.0 Å². The van der Waals surface area contributed by atoms with Crippen LogP contribution in [0.4, 0.5) is 0 Å². The first-order valence-electron chi connectivity index (χ1n) is 11.8. The van der Waals surface area contributed by atoms with E-state index in [1.54, 1.807) is 37.5 Å². The molecule has 3 aromatic carbocycles. The van der Waals surface area contributed by atoms with Gasteiger partial charge in [0.25, 0.3) is 0 Å². The van der Waals surface area contributed by atoms with Crippen LogP contribution in [0.15, 0.2) is 85.5 Å². The summed E-state index contributed by atoms with van der Waals surface area (Å²) in [4.78, 5) is 13.8. The van der Waals surface area contributed by atoms with Gasteiger partial charge in [-0.2, -0.15) is 0 Å². The molecule has 0 saturated heterocycles. The number of pyridine rings is 1. The number of benzene rings is 3. The molecule has 0 amide bonds. The van der Waals surface area contributed by atoms with E-state index in [9.17, 15) is 0 Å². The van der Waals surface area contributed by atoms with Gasteiger partial charge in [-0.3, -0.25) is 4.98 Å². The van der Waals surface area contributed by atoms with Crippen LogP contribution in [-0.4, -0.2) is 38.8 Å². The predicted octanol–water partition coefficient (Wildman–Crippen LogP) is 5.64. The molecule has 0 N–H and O–H groups in total. The molecule has 8 nitrogen and oxygen atoms in total. The quantitative estimate of drug-likeness (QED) is 0.318. The largest absolute Gasteiger partial charge is 0.493 e. The molecule has 0 fully saturated rings. The Morgan fingerprint density at radius 2 is 1.81 bits per heavy atom. The average Bonchev–Trinajstić information content (AvgIpc) is 3.41. The Morgan fingerprint density at radius 3 is 2.65 bits per heavy atom. The van der Waals surface area contributed by atoms with Crippen LogP contribution in [0.5, 0.6) is 23.1 Å². The van der Waals surface area contributed by atoms with E-state index in [1.165, 1.54) is 0 Å². The van der Waals surface area contributed by atoms with Crippen LogP contribution < -0.4 is 14.2 Å². The van der Waals surface area contributed by atoms with Crippen LogP contribution in [-0.2, 0) is 0 Å². The molecule has 1 aliphatic rings. The number of hydrogen-bond acceptors (Lipinski definition) is 7. The van der Waals surface area contributed by atoms with E-state index in [4.69, 9.17) is 19.2 Å². The van der Waals surface area contributed by atoms with E-state index < -0.39 is 0 Å². The van der Waals surface area contributed by atoms with Crippen molar-refractivity contribution in [1.82, 2.24) is 24.6 Å². The minimum atomic E-state index is -0.231. The summed E-state index contributed by atoms with van der Waals surface area (Å²) in [5.41, 5.74) is 4.34. The molecular weight excluding hydrogens is 466 g/mol. The molecule has 0 bridgehead atoms. The van der Waals surface area contributed by atoms with Crippen molar-refractivity contribution in [3.05, 3.63) is 102 Å². The lowest BCUT2D eigenvalue weighted by atomic mass is 9.82. The second kappa shape index (κ2) is 8.30. The Bertz CT molecular complexity index is 1800. The smallest absolute Gasteiger partial charge is 0.228 e. The lowest BCUT2D eigenvalue weighted by Crippen LogP contribution is -2.15. The molecule has 0 unspecified atom stereocenters. The van der Waals surface area contributed by atoms with E-state index in [0.717, 1.165) is 38.8 Å². The van der Waals surface area contributed by atoms with Gasteiger partial charge in [0, 0.05) is 34.8 Å². The molecule has 0 saturated carbocycles. The second-order valence-electron chi connectivity index (χ2n) is 8.76. The van der Waals surface area contributed by atoms with Gasteiger partial charge in [-0.05, 0) is 35.2 Å². The molecule has 180 valence electrons. The van der Waals surface area contributed by atoms with Crippen molar-refractivity contribution in [3.8, 4) is 34.5 Å². The summed E-state index contributed by atoms with van der Waals surface area (Å²) in [6.45, 7) is 0. The van der Waals surface area contributed by atoms with Crippen molar-refractivity contribution in [2.45, 2.75) is 5.92 Å². The van der Waals surface area contributed by atoms with Gasteiger partial charge < -0.3 is 14.2 Å². The van der Waals surface area contributed by atoms with E-state index in [1.807, 2.05) is 42.5 Å². The van der Waals surface area contributed by atoms with E-state index in [2.05, 4.69) is 39.3 Å². The van der Waals surface area contributed by atoms with Gasteiger partial charge in [-0.15, -0.1) is 5.10 Å². The highest BCUT2D eigenvalue weighted by atomic mass is 16.5. The number of hydrogen-bond donors (Lipinski definition) is 0. The molecule has 37 heavy (non-hydrogen) atoms. The number of rotatable bonds is 4. The zero-order chi connectivity index (χ0) is 24.9. The lowest BCUT2D eigenvalue weighted by Gasteiger charge is -2.29. The van der Waals surface area contributed by atoms with E-state index in [-0.39, 0.29) is 5.92 Å². The first-order valence-corrected chi connectivity index (χ1v) is 11.8. The summed E-state index contributed by atoms with van der Waals surface area (Å²) in [6, 6.07) is 22.2. The minimum absolute atomic E-state index is 0.231. The Morgan fingerprint density at radius 1 is 0.919 bits per heavy atom. The van der Waals surface area contributed by atoms with Gasteiger partial charge in [-0.25, -0.2) is 14.5 Å². The first kappa shape index (κ1) is 21.3. The maximum Gasteiger partial charge on any atom is 0.228 e. The van der Waals surface area contributed by atoms with Crippen LogP contribution in [0.1, 0.15) is 22.6 Å². The van der Waals surface area contributed by atoms with Crippen molar-refractivity contribution >= 4 is 16.4 Å². The minimum Gasteiger partial charge on any atom is -0.493 e. The van der Waals surface area contributed by atoms with Gasteiger partial charge in [0.05, 0.1) is 19.8 Å². The molecule has 0 spiro atoms. The Balaban J connectivity index is 1.52. The fourth-order valence-corrected chi connectivity index (χ4v) is 5.04. The van der Waals surface area contributed by atoms with Crippen LogP contribution in [0, 0.1) is 0 Å². The second-order valence-corrected chi connectivity index (χ2v) is 8.76. The monoisotopic (exact) mass is 487 g/mol. The SMILES string of the molecule is COc1ccc([C@@H]2c3ccc4ccccc4c3Oc3ncn4nc(-c5cccnc5)nc4c32)cc1OC. The van der Waals surface area contributed by atoms with Crippen molar-refractivity contribution in [3.63, 3.8) is 0 Å². The summed E-state index contributed by atoms with van der Waals surface area (Å²) in [5.74, 6) is 2.93. The molecule has 1 aliphatic heterocycles. The van der Waals surface area contributed by atoms with Crippen molar-refractivity contribution < 1.29 is 14.2 Å². The summed E-state index contributed by atoms with van der Waals surface area (Å²) in [7, 11) is 3.27. The maximum atomic E-state index is 6.51. The molecule has 7 rings (SSSR count). The van der Waals surface area contributed by atoms with Crippen molar-refractivity contribution in [1.29, 1.82) is 0 Å². The summed E-state index contributed by atoms with van der Waals surface area (Å²) in [5, 5.41) is 6.81. The Labute approximate surface area is 212 Å². The molecule has 0 aliphatic carbocycles. The van der Waals surface area contributed by atoms with Gasteiger partial charge in [0.1, 0.15) is 12.1 Å². The third-order valence-corrected chi connectivity index (χ3v) is 6.76. The predicted molar refractivity (Wildman–Crippen MR) is 139 cm³/mol. The lowest BCUT2D eigenvalue weighted by molar-refractivity contribution is 0.354. The number of fused-ring (bicyclic) bond motifs is 6. The van der Waals surface area contributed by atoms with Crippen molar-refractivity contribution in [2.24, 2.45) is 0 Å². The van der Waals surface area contributed by atoms with Gasteiger partial charge >= 0.3 is 0 Å². The number of nitrogens with zero attached hydrogens (tertiary/aromatic N) is 5. The normalized spacial score (nSPS) is 14.2. The molecule has 3 aromatic heterocycles. The highest BCUT2D eigenvalue weighted by Gasteiger charge is 2.34. The number of aromatic nitrogens is 5. The van der Waals surface area contributed by atoms with Crippen LogP contribution >= 0.6 is 0 Å². The van der Waals surface area contributed by atoms with Crippen LogP contribution in [0.3, 0.4) is 0 Å². The molecule has 8 heteroatoms. The van der Waals surface area contributed by atoms with Crippen molar-refractivity contribution in [2.75, 3.05) is 14.2 Å².